The number of rotatable bonds is 4. The lowest BCUT2D eigenvalue weighted by atomic mass is 9.95. The molecule has 1 aliphatic heterocycles. The maximum atomic E-state index is 13.0. The van der Waals surface area contributed by atoms with Crippen molar-refractivity contribution in [2.24, 2.45) is 0 Å². The van der Waals surface area contributed by atoms with E-state index in [0.717, 1.165) is 22.6 Å². The molecule has 168 valence electrons. The van der Waals surface area contributed by atoms with Crippen LogP contribution in [0.1, 0.15) is 22.7 Å². The molecule has 5 nitrogen and oxygen atoms in total. The number of anilines is 1. The Morgan fingerprint density at radius 1 is 0.909 bits per heavy atom. The molecule has 0 aliphatic carbocycles. The molecule has 1 amide bonds. The van der Waals surface area contributed by atoms with Crippen molar-refractivity contribution in [2.75, 3.05) is 4.90 Å². The molecule has 1 fully saturated rings. The normalized spacial score (nSPS) is 17.9. The second kappa shape index (κ2) is 8.46. The van der Waals surface area contributed by atoms with Gasteiger partial charge in [-0.2, -0.15) is 0 Å². The number of carbonyl (C=O) groups excluding carboxylic acids is 2. The molecule has 3 aromatic carbocycles. The van der Waals surface area contributed by atoms with Crippen molar-refractivity contribution in [3.63, 3.8) is 0 Å². The molecule has 0 aromatic heterocycles. The fourth-order valence-corrected chi connectivity index (χ4v) is 3.72. The highest BCUT2D eigenvalue weighted by molar-refractivity contribution is 6.51. The molecule has 1 atom stereocenters. The first kappa shape index (κ1) is 22.1. The average Bonchev–Trinajstić information content (AvgIpc) is 3.04. The van der Waals surface area contributed by atoms with Crippen molar-refractivity contribution in [1.29, 1.82) is 0 Å². The number of hydrogen-bond donors (Lipinski definition) is 1. The highest BCUT2D eigenvalue weighted by Gasteiger charge is 2.47. The third-order valence-corrected chi connectivity index (χ3v) is 5.23. The molecule has 1 saturated heterocycles. The number of aliphatic hydroxyl groups excluding tert-OH is 1. The number of amides is 1. The number of halogens is 3. The number of ketones is 1. The van der Waals surface area contributed by atoms with Crippen LogP contribution >= 0.6 is 0 Å². The Morgan fingerprint density at radius 3 is 2.09 bits per heavy atom. The molecular weight excluding hydrogens is 435 g/mol. The fraction of sp³-hybridized carbons (Fsp3) is 0.120. The number of ether oxygens (including phenoxy) is 1. The van der Waals surface area contributed by atoms with E-state index in [1.54, 1.807) is 54.6 Å². The molecule has 0 saturated carbocycles. The molecule has 8 heteroatoms. The molecule has 0 spiro atoms. The molecule has 33 heavy (non-hydrogen) atoms. The summed E-state index contributed by atoms with van der Waals surface area (Å²) in [5, 5.41) is 11.0. The van der Waals surface area contributed by atoms with E-state index in [-0.39, 0.29) is 17.0 Å². The Bertz CT molecular complexity index is 1220. The summed E-state index contributed by atoms with van der Waals surface area (Å²) in [6.45, 7) is 1.87. The highest BCUT2D eigenvalue weighted by Crippen LogP contribution is 2.42. The van der Waals surface area contributed by atoms with Crippen LogP contribution in [0.3, 0.4) is 0 Å². The van der Waals surface area contributed by atoms with E-state index < -0.39 is 29.8 Å². The zero-order valence-corrected chi connectivity index (χ0v) is 17.3. The van der Waals surface area contributed by atoms with Gasteiger partial charge in [-0.15, -0.1) is 13.2 Å². The number of nitrogens with zero attached hydrogens (tertiary/aromatic N) is 1. The first-order valence-electron chi connectivity index (χ1n) is 9.94. The van der Waals surface area contributed by atoms with Crippen LogP contribution in [-0.2, 0) is 9.59 Å². The van der Waals surface area contributed by atoms with Gasteiger partial charge in [-0.3, -0.25) is 14.5 Å². The third-order valence-electron chi connectivity index (χ3n) is 5.23. The Labute approximate surface area is 187 Å². The maximum Gasteiger partial charge on any atom is 0.573 e. The van der Waals surface area contributed by atoms with Crippen LogP contribution in [0, 0.1) is 6.92 Å². The number of alkyl halides is 3. The minimum absolute atomic E-state index is 0.106. The van der Waals surface area contributed by atoms with Gasteiger partial charge in [-0.1, -0.05) is 60.2 Å². The lowest BCUT2D eigenvalue weighted by Crippen LogP contribution is -2.29. The summed E-state index contributed by atoms with van der Waals surface area (Å²) in [5.74, 6) is -2.58. The monoisotopic (exact) mass is 453 g/mol. The number of benzene rings is 3. The summed E-state index contributed by atoms with van der Waals surface area (Å²) >= 11 is 0. The quantitative estimate of drug-likeness (QED) is 0.321. The van der Waals surface area contributed by atoms with Crippen LogP contribution in [0.4, 0.5) is 18.9 Å². The summed E-state index contributed by atoms with van der Waals surface area (Å²) in [5.41, 5.74) is 1.95. The molecule has 1 heterocycles. The molecule has 1 N–H and O–H groups in total. The first-order chi connectivity index (χ1) is 15.7. The van der Waals surface area contributed by atoms with Crippen LogP contribution in [0.25, 0.3) is 5.76 Å². The van der Waals surface area contributed by atoms with E-state index in [4.69, 9.17) is 0 Å². The molecule has 0 radical (unpaired) electrons. The van der Waals surface area contributed by atoms with Gasteiger partial charge in [0.15, 0.2) is 0 Å². The zero-order valence-electron chi connectivity index (χ0n) is 17.3. The molecule has 1 unspecified atom stereocenters. The zero-order chi connectivity index (χ0) is 23.8. The largest absolute Gasteiger partial charge is 0.573 e. The summed E-state index contributed by atoms with van der Waals surface area (Å²) in [6, 6.07) is 19.1. The maximum absolute atomic E-state index is 13.0. The molecule has 3 aromatic rings. The number of hydrogen-bond acceptors (Lipinski definition) is 4. The van der Waals surface area contributed by atoms with Crippen molar-refractivity contribution in [3.05, 3.63) is 101 Å². The van der Waals surface area contributed by atoms with E-state index in [0.29, 0.717) is 11.1 Å². The fourth-order valence-electron chi connectivity index (χ4n) is 3.72. The summed E-state index contributed by atoms with van der Waals surface area (Å²) in [4.78, 5) is 27.2. The first-order valence-corrected chi connectivity index (χ1v) is 9.94. The van der Waals surface area contributed by atoms with Crippen molar-refractivity contribution in [2.45, 2.75) is 19.3 Å². The van der Waals surface area contributed by atoms with Crippen molar-refractivity contribution in [3.8, 4) is 5.75 Å². The minimum Gasteiger partial charge on any atom is -0.507 e. The van der Waals surface area contributed by atoms with E-state index in [9.17, 15) is 27.9 Å². The van der Waals surface area contributed by atoms with Crippen LogP contribution in [-0.4, -0.2) is 23.2 Å². The van der Waals surface area contributed by atoms with Gasteiger partial charge in [-0.05, 0) is 36.8 Å². The summed E-state index contributed by atoms with van der Waals surface area (Å²) in [7, 11) is 0. The average molecular weight is 453 g/mol. The van der Waals surface area contributed by atoms with Crippen LogP contribution < -0.4 is 9.64 Å². The predicted octanol–water partition coefficient (Wildman–Crippen LogP) is 5.52. The number of aryl methyl sites for hydroxylation is 1. The number of aliphatic hydroxyl groups is 1. The van der Waals surface area contributed by atoms with Gasteiger partial charge in [0.2, 0.25) is 0 Å². The summed E-state index contributed by atoms with van der Waals surface area (Å²) < 4.78 is 41.4. The van der Waals surface area contributed by atoms with Crippen molar-refractivity contribution >= 4 is 23.1 Å². The molecule has 0 bridgehead atoms. The Morgan fingerprint density at radius 2 is 1.52 bits per heavy atom. The molecular formula is C25H18F3NO4. The second-order valence-electron chi connectivity index (χ2n) is 7.49. The molecule has 4 rings (SSSR count). The van der Waals surface area contributed by atoms with E-state index >= 15 is 0 Å². The van der Waals surface area contributed by atoms with E-state index in [1.807, 2.05) is 6.92 Å². The lowest BCUT2D eigenvalue weighted by Gasteiger charge is -2.25. The second-order valence-corrected chi connectivity index (χ2v) is 7.49. The van der Waals surface area contributed by atoms with Crippen LogP contribution in [0.2, 0.25) is 0 Å². The predicted molar refractivity (Wildman–Crippen MR) is 116 cm³/mol. The highest BCUT2D eigenvalue weighted by atomic mass is 19.4. The van der Waals surface area contributed by atoms with Gasteiger partial charge < -0.3 is 9.84 Å². The Hall–Kier alpha value is -4.07. The van der Waals surface area contributed by atoms with E-state index in [1.165, 1.54) is 12.1 Å². The van der Waals surface area contributed by atoms with Crippen LogP contribution in [0.15, 0.2) is 84.4 Å². The smallest absolute Gasteiger partial charge is 0.507 e. The van der Waals surface area contributed by atoms with Crippen molar-refractivity contribution < 1.29 is 32.6 Å². The Balaban J connectivity index is 1.83. The summed E-state index contributed by atoms with van der Waals surface area (Å²) in [6.07, 6.45) is -4.86. The SMILES string of the molecule is Cc1ccc(/C(O)=C2\C(=O)C(=O)N(c3ccc(OC(F)(F)F)cc3)C2c2ccccc2)cc1. The van der Waals surface area contributed by atoms with Crippen molar-refractivity contribution in [1.82, 2.24) is 0 Å². The van der Waals surface area contributed by atoms with E-state index in [2.05, 4.69) is 4.74 Å². The van der Waals surface area contributed by atoms with Gasteiger partial charge in [-0.25, -0.2) is 0 Å². The van der Waals surface area contributed by atoms with Gasteiger partial charge in [0.05, 0.1) is 11.6 Å². The standard InChI is InChI=1S/C25H18F3NO4/c1-15-7-9-17(10-8-15)22(30)20-21(16-5-3-2-4-6-16)29(24(32)23(20)31)18-11-13-19(14-12-18)33-25(26,27)28/h2-14,21,30H,1H3/b22-20+. The van der Waals surface area contributed by atoms with Crippen LogP contribution in [0.5, 0.6) is 5.75 Å². The topological polar surface area (TPSA) is 66.8 Å². The number of Topliss-reactive ketones (excluding diaryl/α,β-unsaturated/α-hetero) is 1. The van der Waals surface area contributed by atoms with Gasteiger partial charge in [0, 0.05) is 11.3 Å². The van der Waals surface area contributed by atoms with Gasteiger partial charge in [0.1, 0.15) is 11.5 Å². The van der Waals surface area contributed by atoms with Gasteiger partial charge in [0.25, 0.3) is 11.7 Å². The van der Waals surface area contributed by atoms with Gasteiger partial charge >= 0.3 is 6.36 Å². The lowest BCUT2D eigenvalue weighted by molar-refractivity contribution is -0.274. The Kier molecular flexibility index (Phi) is 5.68. The number of carbonyl (C=O) groups is 2. The third kappa shape index (κ3) is 4.45. The molecule has 1 aliphatic rings. The minimum atomic E-state index is -4.86.